The van der Waals surface area contributed by atoms with E-state index in [0.29, 0.717) is 10.8 Å². The van der Waals surface area contributed by atoms with Gasteiger partial charge in [0.05, 0.1) is 6.04 Å². The first-order valence-electron chi connectivity index (χ1n) is 9.16. The molecular formula is C21H23NO3S. The number of esters is 1. The van der Waals surface area contributed by atoms with E-state index in [1.807, 2.05) is 18.2 Å². The normalized spacial score (nSPS) is 18.2. The summed E-state index contributed by atoms with van der Waals surface area (Å²) in [5.41, 5.74) is 3.48. The zero-order valence-electron chi connectivity index (χ0n) is 15.2. The summed E-state index contributed by atoms with van der Waals surface area (Å²) in [6.45, 7) is 5.09. The highest BCUT2D eigenvalue weighted by molar-refractivity contribution is 7.14. The predicted molar refractivity (Wildman–Crippen MR) is 101 cm³/mol. The molecular weight excluding hydrogens is 346 g/mol. The van der Waals surface area contributed by atoms with Crippen LogP contribution < -0.4 is 4.74 Å². The van der Waals surface area contributed by atoms with E-state index in [2.05, 4.69) is 24.0 Å². The molecule has 1 aliphatic heterocycles. The van der Waals surface area contributed by atoms with E-state index in [1.165, 1.54) is 22.9 Å². The van der Waals surface area contributed by atoms with Crippen LogP contribution in [0.1, 0.15) is 47.4 Å². The Hall–Kier alpha value is -1.98. The second-order valence-electron chi connectivity index (χ2n) is 7.26. The van der Waals surface area contributed by atoms with E-state index < -0.39 is 0 Å². The average Bonchev–Trinajstić information content (AvgIpc) is 3.37. The number of carbonyl (C=O) groups is 2. The van der Waals surface area contributed by atoms with Crippen molar-refractivity contribution in [2.24, 2.45) is 5.92 Å². The van der Waals surface area contributed by atoms with Crippen LogP contribution in [0.15, 0.2) is 30.3 Å². The lowest BCUT2D eigenvalue weighted by atomic mass is 9.92. The van der Waals surface area contributed by atoms with Crippen molar-refractivity contribution in [1.82, 2.24) is 4.90 Å². The second-order valence-corrected chi connectivity index (χ2v) is 8.36. The van der Waals surface area contributed by atoms with Crippen molar-refractivity contribution < 1.29 is 14.3 Å². The molecule has 1 fully saturated rings. The van der Waals surface area contributed by atoms with Gasteiger partial charge in [-0.15, -0.1) is 11.3 Å². The lowest BCUT2D eigenvalue weighted by Crippen LogP contribution is -2.38. The monoisotopic (exact) mass is 369 g/mol. The fourth-order valence-electron chi connectivity index (χ4n) is 3.75. The van der Waals surface area contributed by atoms with E-state index >= 15 is 0 Å². The van der Waals surface area contributed by atoms with Crippen molar-refractivity contribution >= 4 is 23.1 Å². The van der Waals surface area contributed by atoms with Crippen LogP contribution in [0.5, 0.6) is 5.06 Å². The van der Waals surface area contributed by atoms with E-state index in [1.54, 1.807) is 11.3 Å². The number of nitrogens with zero attached hydrogens (tertiary/aromatic N) is 1. The van der Waals surface area contributed by atoms with Gasteiger partial charge in [0, 0.05) is 30.8 Å². The van der Waals surface area contributed by atoms with Gasteiger partial charge >= 0.3 is 5.97 Å². The van der Waals surface area contributed by atoms with E-state index in [4.69, 9.17) is 4.74 Å². The topological polar surface area (TPSA) is 46.6 Å². The average molecular weight is 369 g/mol. The van der Waals surface area contributed by atoms with Gasteiger partial charge in [0.15, 0.2) is 10.8 Å². The van der Waals surface area contributed by atoms with Gasteiger partial charge in [0.1, 0.15) is 0 Å². The van der Waals surface area contributed by atoms with Gasteiger partial charge < -0.3 is 4.74 Å². The van der Waals surface area contributed by atoms with E-state index in [0.717, 1.165) is 37.9 Å². The highest BCUT2D eigenvalue weighted by Crippen LogP contribution is 2.41. The number of thiophene rings is 1. The van der Waals surface area contributed by atoms with Gasteiger partial charge in [-0.1, -0.05) is 24.3 Å². The van der Waals surface area contributed by atoms with E-state index in [-0.39, 0.29) is 17.9 Å². The lowest BCUT2D eigenvalue weighted by molar-refractivity contribution is -0.131. The maximum atomic E-state index is 13.1. The predicted octanol–water partition coefficient (Wildman–Crippen LogP) is 4.06. The lowest BCUT2D eigenvalue weighted by Gasteiger charge is -2.34. The van der Waals surface area contributed by atoms with Crippen LogP contribution in [0.2, 0.25) is 0 Å². The summed E-state index contributed by atoms with van der Waals surface area (Å²) in [7, 11) is 0. The Kier molecular flexibility index (Phi) is 4.67. The Morgan fingerprint density at radius 2 is 2.04 bits per heavy atom. The smallest absolute Gasteiger partial charge is 0.308 e. The first-order chi connectivity index (χ1) is 12.5. The molecule has 1 aromatic heterocycles. The van der Waals surface area contributed by atoms with Gasteiger partial charge in [-0.25, -0.2) is 0 Å². The summed E-state index contributed by atoms with van der Waals surface area (Å²) in [4.78, 5) is 27.9. The molecule has 5 heteroatoms. The third-order valence-corrected chi connectivity index (χ3v) is 6.33. The summed E-state index contributed by atoms with van der Waals surface area (Å²) in [6.07, 6.45) is 2.94. The van der Waals surface area contributed by atoms with Gasteiger partial charge in [0.2, 0.25) is 0 Å². The number of benzene rings is 1. The first-order valence-corrected chi connectivity index (χ1v) is 9.98. The van der Waals surface area contributed by atoms with Crippen molar-refractivity contribution in [3.05, 3.63) is 51.9 Å². The highest BCUT2D eigenvalue weighted by atomic mass is 32.1. The van der Waals surface area contributed by atoms with Crippen LogP contribution in [0.3, 0.4) is 0 Å². The van der Waals surface area contributed by atoms with Gasteiger partial charge in [-0.2, -0.15) is 0 Å². The minimum atomic E-state index is -0.290. The van der Waals surface area contributed by atoms with Crippen LogP contribution in [0, 0.1) is 12.8 Å². The number of carbonyl (C=O) groups excluding carboxylic acids is 2. The quantitative estimate of drug-likeness (QED) is 0.746. The molecule has 0 saturated heterocycles. The summed E-state index contributed by atoms with van der Waals surface area (Å²) in [6, 6.07) is 10.0. The number of hydrogen-bond donors (Lipinski definition) is 0. The van der Waals surface area contributed by atoms with Gasteiger partial charge in [0.25, 0.3) is 0 Å². The summed E-state index contributed by atoms with van der Waals surface area (Å²) >= 11 is 1.55. The van der Waals surface area contributed by atoms with Crippen LogP contribution in [-0.2, 0) is 22.6 Å². The fraction of sp³-hybridized carbons (Fsp3) is 0.429. The molecule has 136 valence electrons. The summed E-state index contributed by atoms with van der Waals surface area (Å²) < 4.78 is 5.26. The molecule has 2 heterocycles. The molecule has 1 aliphatic carbocycles. The Morgan fingerprint density at radius 1 is 1.27 bits per heavy atom. The largest absolute Gasteiger partial charge is 0.416 e. The number of rotatable bonds is 5. The van der Waals surface area contributed by atoms with Crippen LogP contribution in [0.4, 0.5) is 0 Å². The number of ketones is 1. The molecule has 0 bridgehead atoms. The van der Waals surface area contributed by atoms with Crippen LogP contribution >= 0.6 is 11.3 Å². The van der Waals surface area contributed by atoms with Crippen molar-refractivity contribution in [1.29, 1.82) is 0 Å². The molecule has 4 nitrogen and oxygen atoms in total. The van der Waals surface area contributed by atoms with Crippen molar-refractivity contribution in [3.8, 4) is 5.06 Å². The molecule has 4 rings (SSSR count). The van der Waals surface area contributed by atoms with Crippen LogP contribution in [-0.4, -0.2) is 23.2 Å². The molecule has 1 saturated carbocycles. The summed E-state index contributed by atoms with van der Waals surface area (Å²) in [5, 5.41) is 0.658. The molecule has 0 spiro atoms. The molecule has 0 N–H and O–H groups in total. The highest BCUT2D eigenvalue weighted by Gasteiger charge is 2.40. The summed E-state index contributed by atoms with van der Waals surface area (Å²) in [5.74, 6) is 0.292. The maximum Gasteiger partial charge on any atom is 0.308 e. The van der Waals surface area contributed by atoms with Gasteiger partial charge in [-0.05, 0) is 48.9 Å². The number of hydrogen-bond acceptors (Lipinski definition) is 5. The van der Waals surface area contributed by atoms with Crippen molar-refractivity contribution in [3.63, 3.8) is 0 Å². The Labute approximate surface area is 157 Å². The SMILES string of the molecule is CC(=O)Oc1cc2c(s1)CCN(C(C(=O)C1CC1)c1ccccc1C)C2. The third kappa shape index (κ3) is 3.46. The Balaban J connectivity index is 1.63. The number of Topliss-reactive ketones (excluding diaryl/α,β-unsaturated/α-hetero) is 1. The molecule has 0 amide bonds. The first kappa shape index (κ1) is 17.4. The molecule has 26 heavy (non-hydrogen) atoms. The van der Waals surface area contributed by atoms with Crippen LogP contribution in [0.25, 0.3) is 0 Å². The fourth-order valence-corrected chi connectivity index (χ4v) is 4.81. The molecule has 1 unspecified atom stereocenters. The Bertz CT molecular complexity index is 853. The number of fused-ring (bicyclic) bond motifs is 1. The number of aryl methyl sites for hydroxylation is 1. The molecule has 2 aliphatic rings. The molecule has 1 aromatic carbocycles. The van der Waals surface area contributed by atoms with Crippen molar-refractivity contribution in [2.75, 3.05) is 6.54 Å². The zero-order chi connectivity index (χ0) is 18.3. The maximum absolute atomic E-state index is 13.1. The Morgan fingerprint density at radius 3 is 2.73 bits per heavy atom. The van der Waals surface area contributed by atoms with Crippen molar-refractivity contribution in [2.45, 2.75) is 45.7 Å². The zero-order valence-corrected chi connectivity index (χ0v) is 16.0. The van der Waals surface area contributed by atoms with E-state index in [9.17, 15) is 9.59 Å². The third-order valence-electron chi connectivity index (χ3n) is 5.22. The standard InChI is InChI=1S/C21H23NO3S/c1-13-5-3-4-6-17(13)20(21(24)15-7-8-15)22-10-9-18-16(12-22)11-19(26-18)25-14(2)23/h3-6,11,15,20H,7-10,12H2,1-2H3. The number of ether oxygens (including phenoxy) is 1. The minimum absolute atomic E-state index is 0.172. The molecule has 2 aromatic rings. The molecule has 0 radical (unpaired) electrons. The molecule has 1 atom stereocenters. The van der Waals surface area contributed by atoms with Gasteiger partial charge in [-0.3, -0.25) is 14.5 Å². The second kappa shape index (κ2) is 6.97. The minimum Gasteiger partial charge on any atom is -0.416 e.